The van der Waals surface area contributed by atoms with E-state index in [9.17, 15) is 4.79 Å². The van der Waals surface area contributed by atoms with E-state index in [4.69, 9.17) is 10.5 Å². The zero-order valence-electron chi connectivity index (χ0n) is 11.0. The summed E-state index contributed by atoms with van der Waals surface area (Å²) < 4.78 is 5.24. The number of nitrogen functional groups attached to an aromatic ring is 1. The third-order valence-electron chi connectivity index (χ3n) is 3.44. The van der Waals surface area contributed by atoms with Crippen LogP contribution >= 0.6 is 0 Å². The van der Waals surface area contributed by atoms with Crippen molar-refractivity contribution in [2.45, 2.75) is 19.8 Å². The predicted octanol–water partition coefficient (Wildman–Crippen LogP) is 2.15. The van der Waals surface area contributed by atoms with Crippen molar-refractivity contribution in [1.82, 2.24) is 4.90 Å². The molecule has 2 rings (SSSR count). The molecule has 1 aliphatic heterocycles. The molecule has 0 radical (unpaired) electrons. The highest BCUT2D eigenvalue weighted by Gasteiger charge is 2.25. The zero-order valence-corrected chi connectivity index (χ0v) is 11.0. The highest BCUT2D eigenvalue weighted by Crippen LogP contribution is 2.27. The Morgan fingerprint density at radius 1 is 1.50 bits per heavy atom. The number of hydrogen-bond acceptors (Lipinski definition) is 3. The zero-order chi connectivity index (χ0) is 13.1. The van der Waals surface area contributed by atoms with Gasteiger partial charge in [0.05, 0.1) is 7.11 Å². The number of piperidine rings is 1. The van der Waals surface area contributed by atoms with Gasteiger partial charge in [-0.25, -0.2) is 0 Å². The Balaban J connectivity index is 2.28. The van der Waals surface area contributed by atoms with Crippen molar-refractivity contribution in [1.29, 1.82) is 0 Å². The fourth-order valence-corrected chi connectivity index (χ4v) is 2.48. The smallest absolute Gasteiger partial charge is 0.259 e. The highest BCUT2D eigenvalue weighted by molar-refractivity contribution is 6.01. The molecule has 1 aliphatic rings. The second kappa shape index (κ2) is 5.29. The van der Waals surface area contributed by atoms with Crippen molar-refractivity contribution in [3.8, 4) is 5.75 Å². The molecule has 0 saturated carbocycles. The first-order chi connectivity index (χ1) is 8.63. The van der Waals surface area contributed by atoms with Gasteiger partial charge in [-0.1, -0.05) is 13.0 Å². The van der Waals surface area contributed by atoms with E-state index in [-0.39, 0.29) is 5.91 Å². The van der Waals surface area contributed by atoms with E-state index < -0.39 is 0 Å². The third-order valence-corrected chi connectivity index (χ3v) is 3.44. The molecule has 1 heterocycles. The normalized spacial score (nSPS) is 19.7. The van der Waals surface area contributed by atoms with Crippen LogP contribution in [0.5, 0.6) is 5.75 Å². The summed E-state index contributed by atoms with van der Waals surface area (Å²) in [6.07, 6.45) is 2.24. The number of nitrogens with two attached hydrogens (primary N) is 1. The largest absolute Gasteiger partial charge is 0.496 e. The maximum Gasteiger partial charge on any atom is 0.259 e. The minimum atomic E-state index is -0.0171. The van der Waals surface area contributed by atoms with Crippen LogP contribution in [-0.2, 0) is 0 Å². The van der Waals surface area contributed by atoms with Crippen LogP contribution in [0.2, 0.25) is 0 Å². The van der Waals surface area contributed by atoms with E-state index in [1.165, 1.54) is 6.42 Å². The molecule has 1 amide bonds. The van der Waals surface area contributed by atoms with Crippen molar-refractivity contribution in [2.75, 3.05) is 25.9 Å². The molecule has 0 bridgehead atoms. The number of carbonyl (C=O) groups excluding carboxylic acids is 1. The second-order valence-electron chi connectivity index (χ2n) is 4.92. The number of hydrogen-bond donors (Lipinski definition) is 1. The maximum absolute atomic E-state index is 12.5. The molecule has 0 aliphatic carbocycles. The molecule has 1 atom stereocenters. The number of methoxy groups -OCH3 is 1. The van der Waals surface area contributed by atoms with Crippen LogP contribution in [0.1, 0.15) is 30.1 Å². The van der Waals surface area contributed by atoms with Crippen molar-refractivity contribution in [2.24, 2.45) is 5.92 Å². The fraction of sp³-hybridized carbons (Fsp3) is 0.500. The summed E-state index contributed by atoms with van der Waals surface area (Å²) in [4.78, 5) is 14.4. The number of benzene rings is 1. The van der Waals surface area contributed by atoms with Gasteiger partial charge in [0.25, 0.3) is 5.91 Å². The van der Waals surface area contributed by atoms with Crippen LogP contribution < -0.4 is 10.5 Å². The number of likely N-dealkylation sites (tertiary alicyclic amines) is 1. The summed E-state index contributed by atoms with van der Waals surface area (Å²) in [7, 11) is 1.56. The first-order valence-corrected chi connectivity index (χ1v) is 6.35. The first-order valence-electron chi connectivity index (χ1n) is 6.35. The Hall–Kier alpha value is -1.71. The van der Waals surface area contributed by atoms with Gasteiger partial charge in [0.2, 0.25) is 0 Å². The lowest BCUT2D eigenvalue weighted by Gasteiger charge is -2.31. The standard InChI is InChI=1S/C14H20N2O2/c1-10-5-4-8-16(9-10)14(17)13-11(15)6-3-7-12(13)18-2/h3,6-7,10H,4-5,8-9,15H2,1-2H3. The molecule has 1 aromatic carbocycles. The van der Waals surface area contributed by atoms with E-state index in [2.05, 4.69) is 6.92 Å². The van der Waals surface area contributed by atoms with E-state index in [1.807, 2.05) is 4.90 Å². The lowest BCUT2D eigenvalue weighted by Crippen LogP contribution is -2.39. The molecular formula is C14H20N2O2. The Bertz CT molecular complexity index is 445. The van der Waals surface area contributed by atoms with Crippen LogP contribution in [0.4, 0.5) is 5.69 Å². The molecule has 1 unspecified atom stereocenters. The first kappa shape index (κ1) is 12.7. The quantitative estimate of drug-likeness (QED) is 0.816. The van der Waals surface area contributed by atoms with Gasteiger partial charge in [0.1, 0.15) is 11.3 Å². The molecule has 4 nitrogen and oxygen atoms in total. The van der Waals surface area contributed by atoms with Crippen LogP contribution in [-0.4, -0.2) is 31.0 Å². The van der Waals surface area contributed by atoms with Crippen LogP contribution in [0, 0.1) is 5.92 Å². The third kappa shape index (κ3) is 2.42. The van der Waals surface area contributed by atoms with Gasteiger partial charge in [-0.05, 0) is 30.9 Å². The molecule has 4 heteroatoms. The van der Waals surface area contributed by atoms with Gasteiger partial charge in [0, 0.05) is 18.8 Å². The molecule has 18 heavy (non-hydrogen) atoms. The second-order valence-corrected chi connectivity index (χ2v) is 4.92. The van der Waals surface area contributed by atoms with Gasteiger partial charge >= 0.3 is 0 Å². The predicted molar refractivity (Wildman–Crippen MR) is 71.7 cm³/mol. The summed E-state index contributed by atoms with van der Waals surface area (Å²) in [6, 6.07) is 5.31. The molecular weight excluding hydrogens is 228 g/mol. The Labute approximate surface area is 108 Å². The highest BCUT2D eigenvalue weighted by atomic mass is 16.5. The average Bonchev–Trinajstić information content (AvgIpc) is 2.37. The Morgan fingerprint density at radius 2 is 2.28 bits per heavy atom. The summed E-state index contributed by atoms with van der Waals surface area (Å²) in [5.74, 6) is 1.09. The molecule has 2 N–H and O–H groups in total. The number of ether oxygens (including phenoxy) is 1. The van der Waals surface area contributed by atoms with Gasteiger partial charge in [-0.2, -0.15) is 0 Å². The minimum Gasteiger partial charge on any atom is -0.496 e. The Morgan fingerprint density at radius 3 is 2.94 bits per heavy atom. The van der Waals surface area contributed by atoms with Crippen molar-refractivity contribution < 1.29 is 9.53 Å². The van der Waals surface area contributed by atoms with Crippen molar-refractivity contribution in [3.63, 3.8) is 0 Å². The number of carbonyl (C=O) groups is 1. The van der Waals surface area contributed by atoms with Gasteiger partial charge in [-0.15, -0.1) is 0 Å². The number of anilines is 1. The van der Waals surface area contributed by atoms with Gasteiger partial charge in [-0.3, -0.25) is 4.79 Å². The van der Waals surface area contributed by atoms with E-state index in [1.54, 1.807) is 25.3 Å². The monoisotopic (exact) mass is 248 g/mol. The van der Waals surface area contributed by atoms with Gasteiger partial charge < -0.3 is 15.4 Å². The van der Waals surface area contributed by atoms with Crippen LogP contribution in [0.15, 0.2) is 18.2 Å². The lowest BCUT2D eigenvalue weighted by atomic mass is 9.99. The minimum absolute atomic E-state index is 0.0171. The molecule has 0 aromatic heterocycles. The number of nitrogens with zero attached hydrogens (tertiary/aromatic N) is 1. The summed E-state index contributed by atoms with van der Waals surface area (Å²) >= 11 is 0. The Kier molecular flexibility index (Phi) is 3.75. The van der Waals surface area contributed by atoms with Crippen LogP contribution in [0.3, 0.4) is 0 Å². The van der Waals surface area contributed by atoms with Crippen molar-refractivity contribution in [3.05, 3.63) is 23.8 Å². The molecule has 98 valence electrons. The average molecular weight is 248 g/mol. The SMILES string of the molecule is COc1cccc(N)c1C(=O)N1CCCC(C)C1. The number of amides is 1. The number of rotatable bonds is 2. The summed E-state index contributed by atoms with van der Waals surface area (Å²) in [5, 5.41) is 0. The van der Waals surface area contributed by atoms with E-state index in [0.717, 1.165) is 19.5 Å². The van der Waals surface area contributed by atoms with E-state index >= 15 is 0 Å². The van der Waals surface area contributed by atoms with Crippen molar-refractivity contribution >= 4 is 11.6 Å². The maximum atomic E-state index is 12.5. The van der Waals surface area contributed by atoms with Gasteiger partial charge in [0.15, 0.2) is 0 Å². The van der Waals surface area contributed by atoms with Crippen LogP contribution in [0.25, 0.3) is 0 Å². The molecule has 0 spiro atoms. The fourth-order valence-electron chi connectivity index (χ4n) is 2.48. The molecule has 1 saturated heterocycles. The van der Waals surface area contributed by atoms with E-state index in [0.29, 0.717) is 22.9 Å². The lowest BCUT2D eigenvalue weighted by molar-refractivity contribution is 0.0681. The summed E-state index contributed by atoms with van der Waals surface area (Å²) in [6.45, 7) is 3.78. The molecule has 1 aromatic rings. The molecule has 1 fully saturated rings. The summed E-state index contributed by atoms with van der Waals surface area (Å²) in [5.41, 5.74) is 6.89. The topological polar surface area (TPSA) is 55.6 Å².